The lowest BCUT2D eigenvalue weighted by molar-refractivity contribution is -0.137. The molecule has 0 spiro atoms. The quantitative estimate of drug-likeness (QED) is 0.0274. The van der Waals surface area contributed by atoms with Gasteiger partial charge in [-0.2, -0.15) is 8.42 Å². The average molecular weight is 994 g/mol. The molecule has 2 aliphatic heterocycles. The first kappa shape index (κ1) is 56.1. The highest BCUT2D eigenvalue weighted by Gasteiger charge is 2.40. The molecule has 2 aromatic carbocycles. The molecule has 2 aromatic rings. The van der Waals surface area contributed by atoms with E-state index in [0.29, 0.717) is 136 Å². The molecule has 384 valence electrons. The molecule has 5 rings (SSSR count). The number of methoxy groups -OCH3 is 2. The normalized spacial score (nSPS) is 14.1. The van der Waals surface area contributed by atoms with Crippen molar-refractivity contribution in [1.82, 2.24) is 4.58 Å². The summed E-state index contributed by atoms with van der Waals surface area (Å²) in [6.07, 6.45) is 8.02. The lowest BCUT2D eigenvalue weighted by Crippen LogP contribution is -2.36. The molecular formula is C53H73N2O14S+. The molecule has 0 unspecified atom stereocenters. The number of hydrogen-bond acceptors (Lipinski definition) is 13. The van der Waals surface area contributed by atoms with Crippen LogP contribution in [0.4, 0.5) is 5.69 Å². The van der Waals surface area contributed by atoms with Gasteiger partial charge in [0, 0.05) is 61.2 Å². The molecule has 0 aromatic heterocycles. The minimum atomic E-state index is -4.44. The number of carboxylic acids is 1. The Labute approximate surface area is 413 Å². The molecule has 0 saturated carbocycles. The zero-order valence-electron chi connectivity index (χ0n) is 41.5. The predicted molar refractivity (Wildman–Crippen MR) is 269 cm³/mol. The van der Waals surface area contributed by atoms with E-state index in [-0.39, 0.29) is 11.3 Å². The third kappa shape index (κ3) is 17.2. The number of ether oxygens (including phenoxy) is 8. The van der Waals surface area contributed by atoms with Gasteiger partial charge in [-0.15, -0.1) is 0 Å². The van der Waals surface area contributed by atoms with Gasteiger partial charge in [0.25, 0.3) is 10.1 Å². The van der Waals surface area contributed by atoms with Gasteiger partial charge in [0.15, 0.2) is 13.1 Å². The number of nitrogens with zero attached hydrogens (tertiary/aromatic N) is 2. The fraction of sp³-hybridized carbons (Fsp3) is 0.509. The van der Waals surface area contributed by atoms with Crippen molar-refractivity contribution in [2.75, 3.05) is 131 Å². The predicted octanol–water partition coefficient (Wildman–Crippen LogP) is 7.11. The van der Waals surface area contributed by atoms with E-state index in [2.05, 4.69) is 46.7 Å². The number of fused-ring (bicyclic) bond motifs is 2. The highest BCUT2D eigenvalue weighted by molar-refractivity contribution is 7.85. The van der Waals surface area contributed by atoms with Crippen LogP contribution in [0.1, 0.15) is 56.4 Å². The van der Waals surface area contributed by atoms with Crippen LogP contribution < -0.4 is 14.8 Å². The number of aliphatic carboxylic acids is 1. The van der Waals surface area contributed by atoms with E-state index in [1.165, 1.54) is 12.1 Å². The zero-order valence-corrected chi connectivity index (χ0v) is 42.3. The molecule has 0 bridgehead atoms. The first-order valence-corrected chi connectivity index (χ1v) is 25.5. The second kappa shape index (κ2) is 29.5. The fourth-order valence-corrected chi connectivity index (χ4v) is 8.75. The first-order valence-electron chi connectivity index (χ1n) is 24.0. The number of unbranched alkanes of at least 4 members (excludes halogenated alkanes) is 2. The summed E-state index contributed by atoms with van der Waals surface area (Å²) >= 11 is 0. The summed E-state index contributed by atoms with van der Waals surface area (Å²) in [5.41, 5.74) is 5.88. The summed E-state index contributed by atoms with van der Waals surface area (Å²) in [5.74, 6) is 0.528. The van der Waals surface area contributed by atoms with E-state index in [1.54, 1.807) is 20.3 Å². The minimum Gasteiger partial charge on any atom is -0.481 e. The second-order valence-corrected chi connectivity index (χ2v) is 18.6. The number of anilines is 1. The van der Waals surface area contributed by atoms with Crippen molar-refractivity contribution in [3.63, 3.8) is 0 Å². The smallest absolute Gasteiger partial charge is 0.303 e. The van der Waals surface area contributed by atoms with Crippen molar-refractivity contribution in [3.05, 3.63) is 107 Å². The van der Waals surface area contributed by atoms with E-state index in [9.17, 15) is 22.9 Å². The average Bonchev–Trinajstić information content (AvgIpc) is 3.55. The van der Waals surface area contributed by atoms with Gasteiger partial charge in [0.05, 0.1) is 90.2 Å². The summed E-state index contributed by atoms with van der Waals surface area (Å²) in [4.78, 5) is 13.2. The summed E-state index contributed by atoms with van der Waals surface area (Å²) < 4.78 is 87.8. The maximum atomic E-state index is 12.2. The van der Waals surface area contributed by atoms with Crippen LogP contribution in [0.3, 0.4) is 0 Å². The number of hydrogen-bond donors (Lipinski definition) is 2. The number of benzene rings is 3. The van der Waals surface area contributed by atoms with Crippen molar-refractivity contribution in [2.24, 2.45) is 0 Å². The Bertz CT molecular complexity index is 2410. The Morgan fingerprint density at radius 3 is 1.86 bits per heavy atom. The number of allylic oxidation sites excluding steroid dienone is 3. The lowest BCUT2D eigenvalue weighted by atomic mass is 9.83. The Kier molecular flexibility index (Phi) is 23.7. The van der Waals surface area contributed by atoms with E-state index in [4.69, 9.17) is 42.3 Å². The van der Waals surface area contributed by atoms with E-state index >= 15 is 0 Å². The van der Waals surface area contributed by atoms with Gasteiger partial charge in [-0.25, -0.2) is 4.58 Å². The van der Waals surface area contributed by atoms with Crippen molar-refractivity contribution < 1.29 is 65.2 Å². The lowest BCUT2D eigenvalue weighted by Gasteiger charge is -2.27. The van der Waals surface area contributed by atoms with Gasteiger partial charge >= 0.3 is 5.97 Å². The van der Waals surface area contributed by atoms with Crippen LogP contribution in [0.25, 0.3) is 28.5 Å². The highest BCUT2D eigenvalue weighted by Crippen LogP contribution is 2.49. The molecule has 3 aliphatic rings. The van der Waals surface area contributed by atoms with E-state index in [0.717, 1.165) is 51.0 Å². The maximum absolute atomic E-state index is 12.2. The molecular weight excluding hydrogens is 921 g/mol. The van der Waals surface area contributed by atoms with Gasteiger partial charge < -0.3 is 52.3 Å². The molecule has 0 atom stereocenters. The standard InChI is InChI=1S/C53H72N2O14S/c1-41-48(15-12-16-50-53(2,3)46-40-44(70(58,59)60)19-21-47(46)55(50)22-11-7-10-17-51(56)57)69-49-39-43(18-20-45(49)52(41)42-13-8-6-9-14-42)54(23-25-63-31-33-67-37-35-65-29-27-61-4)24-26-64-32-34-68-38-36-66-30-28-62-5/h6,8-9,12-16,18-21,39-40H,7,10-11,17,22-38H2,1-5H3,(H-,56,57,58,59,60)/p+1. The SMILES string of the molecule is COCCOCCOCCOCC[N+](CCOCCOCCOCCOC)=c1ccc2c(-c3ccccc3)c(C)c(/C=C/C=C3/N(CCCCCC(=O)O)c4ccc(S(=O)(=O)O)cc4C3(C)C)oc-2c1. The van der Waals surface area contributed by atoms with E-state index < -0.39 is 21.5 Å². The molecule has 2 N–H and O–H groups in total. The molecule has 0 saturated heterocycles. The fourth-order valence-electron chi connectivity index (χ4n) is 8.25. The summed E-state index contributed by atoms with van der Waals surface area (Å²) in [5, 5.41) is 10.1. The zero-order chi connectivity index (χ0) is 50.2. The molecule has 0 fully saturated rings. The minimum absolute atomic E-state index is 0.0973. The maximum Gasteiger partial charge on any atom is 0.303 e. The van der Waals surface area contributed by atoms with Crippen molar-refractivity contribution in [1.29, 1.82) is 0 Å². The Balaban J connectivity index is 1.44. The topological polar surface area (TPSA) is 185 Å². The largest absolute Gasteiger partial charge is 0.481 e. The van der Waals surface area contributed by atoms with Gasteiger partial charge in [0.1, 0.15) is 24.7 Å². The molecule has 16 nitrogen and oxygen atoms in total. The third-order valence-electron chi connectivity index (χ3n) is 11.9. The van der Waals surface area contributed by atoms with Gasteiger partial charge in [-0.3, -0.25) is 9.35 Å². The van der Waals surface area contributed by atoms with Crippen LogP contribution in [-0.2, 0) is 58.2 Å². The van der Waals surface area contributed by atoms with Crippen LogP contribution in [0.2, 0.25) is 0 Å². The molecule has 17 heteroatoms. The van der Waals surface area contributed by atoms with E-state index in [1.807, 2.05) is 50.3 Å². The summed E-state index contributed by atoms with van der Waals surface area (Å²) in [7, 11) is -1.16. The Hall–Kier alpha value is -4.79. The summed E-state index contributed by atoms with van der Waals surface area (Å²) in [6.45, 7) is 14.6. The van der Waals surface area contributed by atoms with Crippen molar-refractivity contribution in [2.45, 2.75) is 56.8 Å². The van der Waals surface area contributed by atoms with Gasteiger partial charge in [-0.05, 0) is 72.9 Å². The third-order valence-corrected chi connectivity index (χ3v) is 12.8. The van der Waals surface area contributed by atoms with Gasteiger partial charge in [0.2, 0.25) is 5.36 Å². The Morgan fingerprint density at radius 1 is 0.729 bits per heavy atom. The van der Waals surface area contributed by atoms with Crippen LogP contribution in [-0.4, -0.2) is 150 Å². The first-order chi connectivity index (χ1) is 33.9. The van der Waals surface area contributed by atoms with Crippen molar-refractivity contribution in [3.8, 4) is 22.5 Å². The van der Waals surface area contributed by atoms with Crippen LogP contribution >= 0.6 is 0 Å². The number of rotatable bonds is 34. The Morgan fingerprint density at radius 2 is 1.30 bits per heavy atom. The van der Waals surface area contributed by atoms with Crippen LogP contribution in [0, 0.1) is 6.92 Å². The molecule has 0 amide bonds. The van der Waals surface area contributed by atoms with Crippen molar-refractivity contribution >= 4 is 27.9 Å². The molecule has 2 heterocycles. The monoisotopic (exact) mass is 993 g/mol. The van der Waals surface area contributed by atoms with Crippen LogP contribution in [0.5, 0.6) is 0 Å². The van der Waals surface area contributed by atoms with Gasteiger partial charge in [-0.1, -0.05) is 56.7 Å². The number of carboxylic acid groups (broad SMARTS) is 1. The highest BCUT2D eigenvalue weighted by atomic mass is 32.2. The molecule has 1 aliphatic carbocycles. The number of carbonyl (C=O) groups is 1. The molecule has 0 radical (unpaired) electrons. The molecule has 70 heavy (non-hydrogen) atoms. The summed E-state index contributed by atoms with van der Waals surface area (Å²) in [6, 6.07) is 21.2. The van der Waals surface area contributed by atoms with Crippen LogP contribution in [0.15, 0.2) is 93.9 Å². The second-order valence-electron chi connectivity index (χ2n) is 17.2.